The van der Waals surface area contributed by atoms with Crippen LogP contribution in [0.15, 0.2) is 0 Å². The molecule has 94 valence electrons. The van der Waals surface area contributed by atoms with Crippen LogP contribution in [0, 0.1) is 5.41 Å². The molecule has 0 aromatic heterocycles. The highest BCUT2D eigenvalue weighted by Crippen LogP contribution is 2.42. The van der Waals surface area contributed by atoms with Crippen LogP contribution in [0.1, 0.15) is 45.4 Å². The fraction of sp³-hybridized carbons (Fsp3) is 1.00. The zero-order valence-corrected chi connectivity index (χ0v) is 10.6. The van der Waals surface area contributed by atoms with E-state index in [0.717, 1.165) is 26.2 Å². The zero-order valence-electron chi connectivity index (χ0n) is 10.6. The van der Waals surface area contributed by atoms with E-state index in [-0.39, 0.29) is 5.60 Å². The summed E-state index contributed by atoms with van der Waals surface area (Å²) in [6, 6.07) is 0. The molecule has 0 radical (unpaired) electrons. The lowest BCUT2D eigenvalue weighted by molar-refractivity contribution is 0.0195. The van der Waals surface area contributed by atoms with Gasteiger partial charge in [0.2, 0.25) is 0 Å². The normalized spacial score (nSPS) is 32.6. The van der Waals surface area contributed by atoms with E-state index in [1.807, 2.05) is 0 Å². The van der Waals surface area contributed by atoms with E-state index < -0.39 is 0 Å². The van der Waals surface area contributed by atoms with Crippen molar-refractivity contribution in [3.63, 3.8) is 0 Å². The Bertz CT molecular complexity index is 210. The van der Waals surface area contributed by atoms with E-state index in [2.05, 4.69) is 12.2 Å². The van der Waals surface area contributed by atoms with Gasteiger partial charge >= 0.3 is 0 Å². The second-order valence-corrected chi connectivity index (χ2v) is 5.89. The standard InChI is InChI=1S/C13H26N2O/c1-12(4-3-9-16-12)11-15-8-7-13(10-14)5-2-6-13/h15H,2-11,14H2,1H3. The fourth-order valence-electron chi connectivity index (χ4n) is 2.92. The van der Waals surface area contributed by atoms with Crippen molar-refractivity contribution in [1.82, 2.24) is 5.32 Å². The lowest BCUT2D eigenvalue weighted by Crippen LogP contribution is -2.42. The maximum absolute atomic E-state index is 5.85. The Morgan fingerprint density at radius 3 is 2.56 bits per heavy atom. The number of rotatable bonds is 6. The van der Waals surface area contributed by atoms with E-state index in [1.165, 1.54) is 38.5 Å². The van der Waals surface area contributed by atoms with Crippen molar-refractivity contribution >= 4 is 0 Å². The molecule has 1 saturated heterocycles. The summed E-state index contributed by atoms with van der Waals surface area (Å²) < 4.78 is 5.75. The third kappa shape index (κ3) is 2.76. The van der Waals surface area contributed by atoms with E-state index in [0.29, 0.717) is 5.41 Å². The molecule has 3 nitrogen and oxygen atoms in total. The Kier molecular flexibility index (Phi) is 3.88. The van der Waals surface area contributed by atoms with Crippen LogP contribution in [0.25, 0.3) is 0 Å². The molecule has 1 saturated carbocycles. The smallest absolute Gasteiger partial charge is 0.0779 e. The molecular weight excluding hydrogens is 200 g/mol. The fourth-order valence-corrected chi connectivity index (χ4v) is 2.92. The first-order valence-electron chi connectivity index (χ1n) is 6.73. The molecule has 0 amide bonds. The Labute approximate surface area is 99.1 Å². The minimum atomic E-state index is 0.0927. The van der Waals surface area contributed by atoms with Gasteiger partial charge < -0.3 is 15.8 Å². The van der Waals surface area contributed by atoms with Crippen molar-refractivity contribution in [2.45, 2.75) is 51.0 Å². The molecule has 2 aliphatic rings. The Balaban J connectivity index is 1.61. The molecule has 1 aliphatic heterocycles. The van der Waals surface area contributed by atoms with Gasteiger partial charge in [0.25, 0.3) is 0 Å². The largest absolute Gasteiger partial charge is 0.374 e. The molecule has 0 aromatic rings. The molecule has 3 N–H and O–H groups in total. The van der Waals surface area contributed by atoms with E-state index in [4.69, 9.17) is 10.5 Å². The maximum atomic E-state index is 5.85. The van der Waals surface area contributed by atoms with Gasteiger partial charge in [-0.2, -0.15) is 0 Å². The van der Waals surface area contributed by atoms with Gasteiger partial charge in [-0.15, -0.1) is 0 Å². The van der Waals surface area contributed by atoms with Crippen LogP contribution in [0.4, 0.5) is 0 Å². The Hall–Kier alpha value is -0.120. The molecular formula is C13H26N2O. The van der Waals surface area contributed by atoms with Crippen LogP contribution >= 0.6 is 0 Å². The minimum Gasteiger partial charge on any atom is -0.374 e. The molecule has 16 heavy (non-hydrogen) atoms. The minimum absolute atomic E-state index is 0.0927. The predicted molar refractivity (Wildman–Crippen MR) is 66.4 cm³/mol. The van der Waals surface area contributed by atoms with E-state index in [1.54, 1.807) is 0 Å². The molecule has 2 fully saturated rings. The van der Waals surface area contributed by atoms with Crippen LogP contribution in [-0.4, -0.2) is 31.8 Å². The van der Waals surface area contributed by atoms with Crippen LogP contribution in [0.5, 0.6) is 0 Å². The second-order valence-electron chi connectivity index (χ2n) is 5.89. The van der Waals surface area contributed by atoms with Gasteiger partial charge in [0.05, 0.1) is 5.60 Å². The molecule has 3 heteroatoms. The summed E-state index contributed by atoms with van der Waals surface area (Å²) in [6.07, 6.45) is 7.68. The van der Waals surface area contributed by atoms with Crippen molar-refractivity contribution in [3.05, 3.63) is 0 Å². The quantitative estimate of drug-likeness (QED) is 0.677. The molecule has 1 aliphatic carbocycles. The molecule has 1 unspecified atom stereocenters. The monoisotopic (exact) mass is 226 g/mol. The first-order valence-corrected chi connectivity index (χ1v) is 6.73. The predicted octanol–water partition coefficient (Wildman–Crippen LogP) is 1.66. The van der Waals surface area contributed by atoms with Gasteiger partial charge in [0, 0.05) is 13.2 Å². The third-order valence-corrected chi connectivity index (χ3v) is 4.48. The second kappa shape index (κ2) is 5.03. The Morgan fingerprint density at radius 1 is 1.25 bits per heavy atom. The highest BCUT2D eigenvalue weighted by molar-refractivity contribution is 4.89. The summed E-state index contributed by atoms with van der Waals surface area (Å²) in [7, 11) is 0. The van der Waals surface area contributed by atoms with Gasteiger partial charge in [-0.05, 0) is 57.5 Å². The number of hydrogen-bond acceptors (Lipinski definition) is 3. The first kappa shape index (κ1) is 12.3. The van der Waals surface area contributed by atoms with Crippen molar-refractivity contribution in [2.75, 3.05) is 26.2 Å². The highest BCUT2D eigenvalue weighted by Gasteiger charge is 2.35. The van der Waals surface area contributed by atoms with Crippen molar-refractivity contribution in [1.29, 1.82) is 0 Å². The van der Waals surface area contributed by atoms with Gasteiger partial charge in [0.1, 0.15) is 0 Å². The molecule has 2 rings (SSSR count). The summed E-state index contributed by atoms with van der Waals surface area (Å²) in [6.45, 7) is 6.10. The summed E-state index contributed by atoms with van der Waals surface area (Å²) in [5.74, 6) is 0. The Morgan fingerprint density at radius 2 is 2.06 bits per heavy atom. The highest BCUT2D eigenvalue weighted by atomic mass is 16.5. The first-order chi connectivity index (χ1) is 7.68. The maximum Gasteiger partial charge on any atom is 0.0779 e. The zero-order chi connectivity index (χ0) is 11.5. The van der Waals surface area contributed by atoms with E-state index in [9.17, 15) is 0 Å². The van der Waals surface area contributed by atoms with Crippen molar-refractivity contribution in [2.24, 2.45) is 11.1 Å². The molecule has 1 atom stereocenters. The average molecular weight is 226 g/mol. The molecule has 0 aromatic carbocycles. The number of ether oxygens (including phenoxy) is 1. The van der Waals surface area contributed by atoms with Gasteiger partial charge in [-0.3, -0.25) is 0 Å². The van der Waals surface area contributed by atoms with Crippen LogP contribution < -0.4 is 11.1 Å². The summed E-state index contributed by atoms with van der Waals surface area (Å²) in [5.41, 5.74) is 6.42. The van der Waals surface area contributed by atoms with Crippen molar-refractivity contribution < 1.29 is 4.74 Å². The molecule has 0 spiro atoms. The summed E-state index contributed by atoms with van der Waals surface area (Å²) in [4.78, 5) is 0. The summed E-state index contributed by atoms with van der Waals surface area (Å²) >= 11 is 0. The average Bonchev–Trinajstić information content (AvgIpc) is 2.64. The topological polar surface area (TPSA) is 47.3 Å². The molecule has 0 bridgehead atoms. The number of nitrogens with one attached hydrogen (secondary N) is 1. The number of hydrogen-bond donors (Lipinski definition) is 2. The lowest BCUT2D eigenvalue weighted by atomic mass is 9.67. The van der Waals surface area contributed by atoms with E-state index >= 15 is 0 Å². The van der Waals surface area contributed by atoms with Gasteiger partial charge in [-0.1, -0.05) is 6.42 Å². The SMILES string of the molecule is CC1(CNCCC2(CN)CCC2)CCCO1. The van der Waals surface area contributed by atoms with Crippen LogP contribution in [0.3, 0.4) is 0 Å². The summed E-state index contributed by atoms with van der Waals surface area (Å²) in [5, 5.41) is 3.55. The molecule has 1 heterocycles. The van der Waals surface area contributed by atoms with Gasteiger partial charge in [-0.25, -0.2) is 0 Å². The van der Waals surface area contributed by atoms with Crippen LogP contribution in [-0.2, 0) is 4.74 Å². The number of nitrogens with two attached hydrogens (primary N) is 1. The third-order valence-electron chi connectivity index (χ3n) is 4.48. The van der Waals surface area contributed by atoms with Gasteiger partial charge in [0.15, 0.2) is 0 Å². The van der Waals surface area contributed by atoms with Crippen LogP contribution in [0.2, 0.25) is 0 Å². The lowest BCUT2D eigenvalue weighted by Gasteiger charge is -2.41. The van der Waals surface area contributed by atoms with Crippen molar-refractivity contribution in [3.8, 4) is 0 Å².